The lowest BCUT2D eigenvalue weighted by Gasteiger charge is -2.24. The van der Waals surface area contributed by atoms with Crippen LogP contribution in [0.4, 0.5) is 17.2 Å². The van der Waals surface area contributed by atoms with Crippen LogP contribution in [0.2, 0.25) is 5.02 Å². The molecule has 0 unspecified atom stereocenters. The summed E-state index contributed by atoms with van der Waals surface area (Å²) in [5, 5.41) is 3.25. The third-order valence-corrected chi connectivity index (χ3v) is 3.49. The molecular formula is C14H13ClN4O. The molecule has 102 valence electrons. The zero-order chi connectivity index (χ0) is 14.1. The lowest BCUT2D eigenvalue weighted by Crippen LogP contribution is -2.41. The molecule has 1 aliphatic heterocycles. The Balaban J connectivity index is 2.15. The van der Waals surface area contributed by atoms with Crippen LogP contribution >= 0.6 is 11.6 Å². The number of carbonyl (C=O) groups excluding carboxylic acids is 1. The zero-order valence-corrected chi connectivity index (χ0v) is 11.3. The van der Waals surface area contributed by atoms with Crippen molar-refractivity contribution in [1.29, 1.82) is 0 Å². The van der Waals surface area contributed by atoms with Crippen LogP contribution in [0.15, 0.2) is 42.6 Å². The number of benzene rings is 1. The third-order valence-electron chi connectivity index (χ3n) is 3.17. The number of anilines is 3. The van der Waals surface area contributed by atoms with Gasteiger partial charge in [0.1, 0.15) is 11.9 Å². The Kier molecular flexibility index (Phi) is 3.30. The van der Waals surface area contributed by atoms with E-state index in [2.05, 4.69) is 10.3 Å². The van der Waals surface area contributed by atoms with E-state index in [9.17, 15) is 4.79 Å². The minimum atomic E-state index is -0.652. The topological polar surface area (TPSA) is 71.2 Å². The van der Waals surface area contributed by atoms with E-state index in [1.54, 1.807) is 12.3 Å². The van der Waals surface area contributed by atoms with Gasteiger partial charge in [-0.05, 0) is 24.3 Å². The summed E-state index contributed by atoms with van der Waals surface area (Å²) < 4.78 is 0. The SMILES string of the molecule is N[C@H]1CN(c2ccccn2)c2cccc(Cl)c2NC1=O. The highest BCUT2D eigenvalue weighted by Gasteiger charge is 2.27. The highest BCUT2D eigenvalue weighted by Crippen LogP contribution is 2.37. The average Bonchev–Trinajstić information content (AvgIpc) is 2.59. The molecule has 0 saturated carbocycles. The number of nitrogens with zero attached hydrogens (tertiary/aromatic N) is 2. The molecule has 1 aromatic carbocycles. The van der Waals surface area contributed by atoms with Crippen molar-refractivity contribution in [2.75, 3.05) is 16.8 Å². The Hall–Kier alpha value is -2.11. The molecule has 1 aliphatic rings. The van der Waals surface area contributed by atoms with E-state index >= 15 is 0 Å². The van der Waals surface area contributed by atoms with Crippen LogP contribution in [0.1, 0.15) is 0 Å². The van der Waals surface area contributed by atoms with Crippen molar-refractivity contribution in [3.63, 3.8) is 0 Å². The summed E-state index contributed by atoms with van der Waals surface area (Å²) in [7, 11) is 0. The Morgan fingerprint density at radius 3 is 2.90 bits per heavy atom. The van der Waals surface area contributed by atoms with Crippen molar-refractivity contribution in [2.45, 2.75) is 6.04 Å². The molecule has 0 fully saturated rings. The van der Waals surface area contributed by atoms with E-state index in [0.717, 1.165) is 11.5 Å². The summed E-state index contributed by atoms with van der Waals surface area (Å²) in [6, 6.07) is 10.4. The third kappa shape index (κ3) is 2.21. The number of pyridine rings is 1. The smallest absolute Gasteiger partial charge is 0.243 e. The Morgan fingerprint density at radius 2 is 2.15 bits per heavy atom. The number of hydrogen-bond donors (Lipinski definition) is 2. The number of nitrogens with two attached hydrogens (primary N) is 1. The van der Waals surface area contributed by atoms with Gasteiger partial charge in [-0.3, -0.25) is 4.79 Å². The van der Waals surface area contributed by atoms with Gasteiger partial charge in [0.25, 0.3) is 0 Å². The number of rotatable bonds is 1. The summed E-state index contributed by atoms with van der Waals surface area (Å²) in [4.78, 5) is 18.2. The number of aromatic nitrogens is 1. The number of amides is 1. The summed E-state index contributed by atoms with van der Waals surface area (Å²) in [6.45, 7) is 0.343. The van der Waals surface area contributed by atoms with E-state index in [1.165, 1.54) is 0 Å². The second kappa shape index (κ2) is 5.11. The normalized spacial score (nSPS) is 18.2. The van der Waals surface area contributed by atoms with Crippen molar-refractivity contribution < 1.29 is 4.79 Å². The first kappa shape index (κ1) is 12.9. The molecule has 1 aromatic heterocycles. The summed E-state index contributed by atoms with van der Waals surface area (Å²) in [5.41, 5.74) is 7.27. The molecule has 2 heterocycles. The van der Waals surface area contributed by atoms with Gasteiger partial charge in [0.2, 0.25) is 5.91 Å². The lowest BCUT2D eigenvalue weighted by molar-refractivity contribution is -0.117. The number of hydrogen-bond acceptors (Lipinski definition) is 4. The van der Waals surface area contributed by atoms with E-state index in [-0.39, 0.29) is 5.91 Å². The first-order chi connectivity index (χ1) is 9.66. The minimum absolute atomic E-state index is 0.252. The van der Waals surface area contributed by atoms with Gasteiger partial charge in [0, 0.05) is 12.7 Å². The standard InChI is InChI=1S/C14H13ClN4O/c15-9-4-3-5-11-13(9)18-14(20)10(16)8-19(11)12-6-1-2-7-17-12/h1-7,10H,8,16H2,(H,18,20)/t10-/m0/s1. The van der Waals surface area contributed by atoms with Crippen LogP contribution in [-0.2, 0) is 4.79 Å². The van der Waals surface area contributed by atoms with E-state index < -0.39 is 6.04 Å². The van der Waals surface area contributed by atoms with Crippen LogP contribution in [-0.4, -0.2) is 23.5 Å². The Labute approximate surface area is 121 Å². The second-order valence-electron chi connectivity index (χ2n) is 4.53. The average molecular weight is 289 g/mol. The fourth-order valence-electron chi connectivity index (χ4n) is 2.19. The molecule has 20 heavy (non-hydrogen) atoms. The van der Waals surface area contributed by atoms with Gasteiger partial charge in [0.15, 0.2) is 0 Å². The Bertz CT molecular complexity index is 647. The maximum absolute atomic E-state index is 12.0. The zero-order valence-electron chi connectivity index (χ0n) is 10.6. The van der Waals surface area contributed by atoms with Gasteiger partial charge in [-0.1, -0.05) is 23.7 Å². The highest BCUT2D eigenvalue weighted by molar-refractivity contribution is 6.34. The molecule has 3 rings (SSSR count). The van der Waals surface area contributed by atoms with Gasteiger partial charge >= 0.3 is 0 Å². The van der Waals surface area contributed by atoms with Gasteiger partial charge in [-0.15, -0.1) is 0 Å². The van der Waals surface area contributed by atoms with Gasteiger partial charge in [-0.25, -0.2) is 4.98 Å². The molecule has 1 amide bonds. The lowest BCUT2D eigenvalue weighted by atomic mass is 10.2. The fourth-order valence-corrected chi connectivity index (χ4v) is 2.40. The molecule has 0 radical (unpaired) electrons. The summed E-state index contributed by atoms with van der Waals surface area (Å²) >= 11 is 6.18. The number of para-hydroxylation sites is 1. The molecule has 0 aliphatic carbocycles. The van der Waals surface area contributed by atoms with Crippen molar-refractivity contribution in [3.05, 3.63) is 47.6 Å². The van der Waals surface area contributed by atoms with Crippen LogP contribution in [0.25, 0.3) is 0 Å². The van der Waals surface area contributed by atoms with Gasteiger partial charge < -0.3 is 16.0 Å². The predicted octanol–water partition coefficient (Wildman–Crippen LogP) is 2.15. The monoisotopic (exact) mass is 288 g/mol. The minimum Gasteiger partial charge on any atom is -0.322 e. The molecule has 2 aromatic rings. The first-order valence-corrected chi connectivity index (χ1v) is 6.58. The van der Waals surface area contributed by atoms with Crippen molar-refractivity contribution in [2.24, 2.45) is 5.73 Å². The van der Waals surface area contributed by atoms with E-state index in [1.807, 2.05) is 35.2 Å². The van der Waals surface area contributed by atoms with E-state index in [0.29, 0.717) is 17.3 Å². The molecule has 0 bridgehead atoms. The first-order valence-electron chi connectivity index (χ1n) is 6.20. The van der Waals surface area contributed by atoms with Crippen LogP contribution < -0.4 is 16.0 Å². The van der Waals surface area contributed by atoms with Crippen LogP contribution in [0.5, 0.6) is 0 Å². The summed E-state index contributed by atoms with van der Waals surface area (Å²) in [6.07, 6.45) is 1.70. The maximum atomic E-state index is 12.0. The van der Waals surface area contributed by atoms with Gasteiger partial charge in [0.05, 0.1) is 16.4 Å². The van der Waals surface area contributed by atoms with Gasteiger partial charge in [-0.2, -0.15) is 0 Å². The van der Waals surface area contributed by atoms with Crippen molar-refractivity contribution in [3.8, 4) is 0 Å². The fraction of sp³-hybridized carbons (Fsp3) is 0.143. The summed E-state index contributed by atoms with van der Waals surface area (Å²) in [5.74, 6) is 0.473. The van der Waals surface area contributed by atoms with Crippen LogP contribution in [0, 0.1) is 0 Å². The quantitative estimate of drug-likeness (QED) is 0.843. The molecular weight excluding hydrogens is 276 g/mol. The molecule has 3 N–H and O–H groups in total. The number of fused-ring (bicyclic) bond motifs is 1. The van der Waals surface area contributed by atoms with Crippen molar-refractivity contribution in [1.82, 2.24) is 4.98 Å². The van der Waals surface area contributed by atoms with E-state index in [4.69, 9.17) is 17.3 Å². The Morgan fingerprint density at radius 1 is 1.30 bits per heavy atom. The second-order valence-corrected chi connectivity index (χ2v) is 4.94. The molecule has 6 heteroatoms. The molecule has 0 spiro atoms. The van der Waals surface area contributed by atoms with Crippen LogP contribution in [0.3, 0.4) is 0 Å². The number of halogens is 1. The number of carbonyl (C=O) groups is 1. The predicted molar refractivity (Wildman–Crippen MR) is 79.3 cm³/mol. The molecule has 1 atom stereocenters. The molecule has 5 nitrogen and oxygen atoms in total. The van der Waals surface area contributed by atoms with Crippen molar-refractivity contribution >= 4 is 34.7 Å². The molecule has 0 saturated heterocycles. The number of nitrogens with one attached hydrogen (secondary N) is 1. The largest absolute Gasteiger partial charge is 0.322 e. The maximum Gasteiger partial charge on any atom is 0.243 e. The highest BCUT2D eigenvalue weighted by atomic mass is 35.5.